The van der Waals surface area contributed by atoms with E-state index in [1.54, 1.807) is 6.07 Å². The molecule has 0 amide bonds. The van der Waals surface area contributed by atoms with Gasteiger partial charge in [0.05, 0.1) is 28.2 Å². The maximum atomic E-state index is 10.5. The van der Waals surface area contributed by atoms with Crippen molar-refractivity contribution in [3.05, 3.63) is 53.5 Å². The van der Waals surface area contributed by atoms with Gasteiger partial charge in [-0.25, -0.2) is 4.98 Å². The molecule has 29 heavy (non-hydrogen) atoms. The molecule has 0 aliphatic heterocycles. The van der Waals surface area contributed by atoms with Crippen molar-refractivity contribution in [2.75, 3.05) is 20.6 Å². The second-order valence-corrected chi connectivity index (χ2v) is 7.75. The van der Waals surface area contributed by atoms with Gasteiger partial charge < -0.3 is 19.1 Å². The fourth-order valence-electron chi connectivity index (χ4n) is 3.84. The van der Waals surface area contributed by atoms with Crippen LogP contribution < -0.4 is 0 Å². The van der Waals surface area contributed by atoms with E-state index < -0.39 is 0 Å². The molecule has 1 aromatic carbocycles. The summed E-state index contributed by atoms with van der Waals surface area (Å²) < 4.78 is 7.70. The van der Waals surface area contributed by atoms with Crippen molar-refractivity contribution in [3.63, 3.8) is 0 Å². The summed E-state index contributed by atoms with van der Waals surface area (Å²) in [6, 6.07) is 11.6. The van der Waals surface area contributed by atoms with E-state index in [2.05, 4.69) is 47.8 Å². The first-order valence-corrected chi connectivity index (χ1v) is 9.74. The summed E-state index contributed by atoms with van der Waals surface area (Å²) in [7, 11) is 4.15. The van der Waals surface area contributed by atoms with Crippen LogP contribution in [0.5, 0.6) is 5.75 Å². The Hall–Kier alpha value is -3.12. The van der Waals surface area contributed by atoms with Crippen LogP contribution in [0, 0.1) is 20.8 Å². The molecule has 0 fully saturated rings. The highest BCUT2D eigenvalue weighted by atomic mass is 16.5. The molecule has 6 nitrogen and oxygen atoms in total. The molecule has 0 bridgehead atoms. The Kier molecular flexibility index (Phi) is 4.88. The summed E-state index contributed by atoms with van der Waals surface area (Å²) in [4.78, 5) is 7.13. The molecule has 0 aliphatic rings. The minimum absolute atomic E-state index is 0.218. The maximum absolute atomic E-state index is 10.5. The van der Waals surface area contributed by atoms with Crippen LogP contribution in [0.3, 0.4) is 0 Å². The first-order chi connectivity index (χ1) is 13.9. The Labute approximate surface area is 170 Å². The summed E-state index contributed by atoms with van der Waals surface area (Å²) in [5.41, 5.74) is 6.25. The molecule has 0 radical (unpaired) electrons. The number of rotatable bonds is 5. The normalized spacial score (nSPS) is 11.7. The average molecular weight is 390 g/mol. The van der Waals surface area contributed by atoms with Crippen molar-refractivity contribution in [2.45, 2.75) is 27.3 Å². The summed E-state index contributed by atoms with van der Waals surface area (Å²) in [6.45, 7) is 7.73. The molecule has 0 saturated heterocycles. The Balaban J connectivity index is 2.03. The van der Waals surface area contributed by atoms with Gasteiger partial charge in [-0.15, -0.1) is 0 Å². The molecule has 150 valence electrons. The fourth-order valence-corrected chi connectivity index (χ4v) is 3.84. The number of phenols is 1. The molecule has 3 aromatic heterocycles. The third-order valence-electron chi connectivity index (χ3n) is 5.33. The summed E-state index contributed by atoms with van der Waals surface area (Å²) in [6.07, 6.45) is 0. The van der Waals surface area contributed by atoms with Gasteiger partial charge in [0.1, 0.15) is 11.5 Å². The van der Waals surface area contributed by atoms with Crippen LogP contribution in [-0.4, -0.2) is 45.4 Å². The van der Waals surface area contributed by atoms with Crippen LogP contribution in [0.25, 0.3) is 33.4 Å². The van der Waals surface area contributed by atoms with Crippen molar-refractivity contribution in [1.82, 2.24) is 19.6 Å². The predicted octanol–water partition coefficient (Wildman–Crippen LogP) is 4.55. The molecular formula is C23H26N4O2. The van der Waals surface area contributed by atoms with Crippen LogP contribution in [0.1, 0.15) is 17.1 Å². The topological polar surface area (TPSA) is 67.3 Å². The SMILES string of the molecule is Cc1noc(C)c1-c1cc2c(cc(C)n2CCN(C)C)c(-c2ccccc2O)n1. The molecule has 0 atom stereocenters. The first-order valence-electron chi connectivity index (χ1n) is 9.74. The number of benzene rings is 1. The summed E-state index contributed by atoms with van der Waals surface area (Å²) in [5.74, 6) is 0.955. The van der Waals surface area contributed by atoms with E-state index in [9.17, 15) is 5.11 Å². The van der Waals surface area contributed by atoms with Gasteiger partial charge in [-0.1, -0.05) is 17.3 Å². The predicted molar refractivity (Wildman–Crippen MR) is 115 cm³/mol. The Morgan fingerprint density at radius 3 is 2.52 bits per heavy atom. The lowest BCUT2D eigenvalue weighted by atomic mass is 10.0. The van der Waals surface area contributed by atoms with Crippen LogP contribution in [-0.2, 0) is 6.54 Å². The van der Waals surface area contributed by atoms with Crippen LogP contribution in [0.4, 0.5) is 0 Å². The third-order valence-corrected chi connectivity index (χ3v) is 5.33. The molecule has 6 heteroatoms. The number of phenolic OH excluding ortho intramolecular Hbond substituents is 1. The van der Waals surface area contributed by atoms with Crippen molar-refractivity contribution in [2.24, 2.45) is 0 Å². The summed E-state index contributed by atoms with van der Waals surface area (Å²) >= 11 is 0. The van der Waals surface area contributed by atoms with E-state index in [1.165, 1.54) is 0 Å². The second kappa shape index (κ2) is 7.37. The number of hydrogen-bond donors (Lipinski definition) is 1. The van der Waals surface area contributed by atoms with Crippen LogP contribution in [0.2, 0.25) is 0 Å². The highest BCUT2D eigenvalue weighted by Gasteiger charge is 2.20. The molecule has 0 saturated carbocycles. The Bertz CT molecular complexity index is 1170. The molecule has 3 heterocycles. The van der Waals surface area contributed by atoms with Crippen molar-refractivity contribution >= 4 is 10.9 Å². The van der Waals surface area contributed by atoms with E-state index in [4.69, 9.17) is 9.51 Å². The number of aryl methyl sites for hydroxylation is 3. The number of fused-ring (bicyclic) bond motifs is 1. The number of likely N-dealkylation sites (N-methyl/N-ethyl adjacent to an activating group) is 1. The second-order valence-electron chi connectivity index (χ2n) is 7.75. The van der Waals surface area contributed by atoms with Gasteiger partial charge >= 0.3 is 0 Å². The highest BCUT2D eigenvalue weighted by molar-refractivity contribution is 5.97. The van der Waals surface area contributed by atoms with Gasteiger partial charge in [-0.2, -0.15) is 0 Å². The number of aromatic hydroxyl groups is 1. The number of nitrogens with zero attached hydrogens (tertiary/aromatic N) is 4. The number of pyridine rings is 1. The van der Waals surface area contributed by atoms with Crippen LogP contribution >= 0.6 is 0 Å². The zero-order chi connectivity index (χ0) is 20.7. The molecular weight excluding hydrogens is 364 g/mol. The molecule has 1 N–H and O–H groups in total. The maximum Gasteiger partial charge on any atom is 0.143 e. The van der Waals surface area contributed by atoms with Gasteiger partial charge in [0, 0.05) is 29.7 Å². The van der Waals surface area contributed by atoms with E-state index in [0.29, 0.717) is 0 Å². The van der Waals surface area contributed by atoms with Gasteiger partial charge in [0.2, 0.25) is 0 Å². The molecule has 0 aliphatic carbocycles. The highest BCUT2D eigenvalue weighted by Crippen LogP contribution is 2.38. The van der Waals surface area contributed by atoms with Crippen molar-refractivity contribution in [1.29, 1.82) is 0 Å². The minimum atomic E-state index is 0.218. The average Bonchev–Trinajstić information content (AvgIpc) is 3.18. The lowest BCUT2D eigenvalue weighted by molar-refractivity contribution is 0.385. The molecule has 4 rings (SSSR count). The van der Waals surface area contributed by atoms with E-state index >= 15 is 0 Å². The summed E-state index contributed by atoms with van der Waals surface area (Å²) in [5, 5.41) is 15.7. The Morgan fingerprint density at radius 2 is 1.86 bits per heavy atom. The monoisotopic (exact) mass is 390 g/mol. The van der Waals surface area contributed by atoms with Crippen molar-refractivity contribution < 1.29 is 9.63 Å². The molecule has 0 spiro atoms. The lowest BCUT2D eigenvalue weighted by Gasteiger charge is -2.14. The van der Waals surface area contributed by atoms with Gasteiger partial charge in [0.25, 0.3) is 0 Å². The minimum Gasteiger partial charge on any atom is -0.507 e. The van der Waals surface area contributed by atoms with Crippen molar-refractivity contribution in [3.8, 4) is 28.3 Å². The quantitative estimate of drug-likeness (QED) is 0.541. The number of aromatic nitrogens is 3. The fraction of sp³-hybridized carbons (Fsp3) is 0.304. The standard InChI is InChI=1S/C23H26N4O2/c1-14-12-18-20(27(14)11-10-26(4)5)13-19(22-15(2)25-29-16(22)3)24-23(18)17-8-6-7-9-21(17)28/h6-9,12-13,28H,10-11H2,1-5H3. The number of hydrogen-bond acceptors (Lipinski definition) is 5. The smallest absolute Gasteiger partial charge is 0.143 e. The van der Waals surface area contributed by atoms with E-state index in [-0.39, 0.29) is 5.75 Å². The number of para-hydroxylation sites is 1. The largest absolute Gasteiger partial charge is 0.507 e. The molecule has 0 unspecified atom stereocenters. The lowest BCUT2D eigenvalue weighted by Crippen LogP contribution is -2.18. The zero-order valence-electron chi connectivity index (χ0n) is 17.5. The van der Waals surface area contributed by atoms with E-state index in [0.717, 1.165) is 63.7 Å². The van der Waals surface area contributed by atoms with Crippen LogP contribution in [0.15, 0.2) is 40.9 Å². The zero-order valence-corrected chi connectivity index (χ0v) is 17.5. The van der Waals surface area contributed by atoms with Gasteiger partial charge in [0.15, 0.2) is 0 Å². The Morgan fingerprint density at radius 1 is 1.10 bits per heavy atom. The third kappa shape index (κ3) is 3.40. The van der Waals surface area contributed by atoms with Gasteiger partial charge in [-0.3, -0.25) is 0 Å². The van der Waals surface area contributed by atoms with E-state index in [1.807, 2.05) is 32.0 Å². The molecule has 4 aromatic rings. The van der Waals surface area contributed by atoms with Gasteiger partial charge in [-0.05, 0) is 59.1 Å². The first kappa shape index (κ1) is 19.2.